The van der Waals surface area contributed by atoms with E-state index in [-0.39, 0.29) is 12.7 Å². The van der Waals surface area contributed by atoms with Crippen LogP contribution in [-0.4, -0.2) is 34.3 Å². The molecule has 0 unspecified atom stereocenters. The molecule has 0 saturated carbocycles. The third-order valence-corrected chi connectivity index (χ3v) is 1.85. The molecule has 0 amide bonds. The summed E-state index contributed by atoms with van der Waals surface area (Å²) < 4.78 is 5.45. The van der Waals surface area contributed by atoms with Crippen LogP contribution < -0.4 is 10.1 Å². The first-order chi connectivity index (χ1) is 7.72. The van der Waals surface area contributed by atoms with E-state index in [9.17, 15) is 0 Å². The van der Waals surface area contributed by atoms with Gasteiger partial charge in [-0.1, -0.05) is 0 Å². The number of aliphatic hydroxyl groups excluding tert-OH is 1. The molecular formula is C11H19N3O2. The zero-order chi connectivity index (χ0) is 11.8. The molecule has 2 N–H and O–H groups in total. The van der Waals surface area contributed by atoms with Gasteiger partial charge in [0.25, 0.3) is 0 Å². The summed E-state index contributed by atoms with van der Waals surface area (Å²) in [6.07, 6.45) is 3.46. The third-order valence-electron chi connectivity index (χ3n) is 1.85. The Morgan fingerprint density at radius 2 is 2.25 bits per heavy atom. The lowest BCUT2D eigenvalue weighted by molar-refractivity contribution is 0.232. The second-order valence-electron chi connectivity index (χ2n) is 3.74. The molecule has 0 aromatic carbocycles. The van der Waals surface area contributed by atoms with Crippen LogP contribution in [0.2, 0.25) is 0 Å². The summed E-state index contributed by atoms with van der Waals surface area (Å²) >= 11 is 0. The highest BCUT2D eigenvalue weighted by molar-refractivity contribution is 5.27. The molecule has 0 aliphatic heterocycles. The fourth-order valence-electron chi connectivity index (χ4n) is 1.17. The minimum atomic E-state index is 0.108. The van der Waals surface area contributed by atoms with Crippen molar-refractivity contribution >= 4 is 5.95 Å². The van der Waals surface area contributed by atoms with Crippen molar-refractivity contribution < 1.29 is 9.84 Å². The van der Waals surface area contributed by atoms with Gasteiger partial charge in [-0.05, 0) is 26.7 Å². The number of rotatable bonds is 7. The van der Waals surface area contributed by atoms with Crippen LogP contribution in [0, 0.1) is 0 Å². The Morgan fingerprint density at radius 3 is 2.94 bits per heavy atom. The number of ether oxygens (including phenoxy) is 1. The van der Waals surface area contributed by atoms with Gasteiger partial charge in [0.2, 0.25) is 11.8 Å². The number of nitrogens with zero attached hydrogens (tertiary/aromatic N) is 2. The van der Waals surface area contributed by atoms with E-state index in [4.69, 9.17) is 9.84 Å². The second kappa shape index (κ2) is 7.00. The number of unbranched alkanes of at least 4 members (excludes halogenated alkanes) is 1. The van der Waals surface area contributed by atoms with Crippen LogP contribution >= 0.6 is 0 Å². The standard InChI is InChI=1S/C11H19N3O2/c1-9(2)16-10-5-7-13-11(14-10)12-6-3-4-8-15/h5,7,9,15H,3-4,6,8H2,1-2H3,(H,12,13,14). The molecule has 0 aliphatic carbocycles. The molecular weight excluding hydrogens is 206 g/mol. The molecule has 0 aliphatic rings. The third kappa shape index (κ3) is 4.93. The molecule has 1 heterocycles. The van der Waals surface area contributed by atoms with Crippen LogP contribution in [0.1, 0.15) is 26.7 Å². The molecule has 0 saturated heterocycles. The van der Waals surface area contributed by atoms with E-state index in [1.165, 1.54) is 0 Å². The van der Waals surface area contributed by atoms with Crippen molar-refractivity contribution in [2.75, 3.05) is 18.5 Å². The first-order valence-corrected chi connectivity index (χ1v) is 5.57. The van der Waals surface area contributed by atoms with E-state index in [1.54, 1.807) is 12.3 Å². The maximum Gasteiger partial charge on any atom is 0.225 e. The van der Waals surface area contributed by atoms with E-state index in [0.717, 1.165) is 19.4 Å². The summed E-state index contributed by atoms with van der Waals surface area (Å²) in [5, 5.41) is 11.7. The average Bonchev–Trinajstić information content (AvgIpc) is 2.24. The van der Waals surface area contributed by atoms with Gasteiger partial charge >= 0.3 is 0 Å². The van der Waals surface area contributed by atoms with Crippen LogP contribution in [0.3, 0.4) is 0 Å². The average molecular weight is 225 g/mol. The second-order valence-corrected chi connectivity index (χ2v) is 3.74. The number of aromatic nitrogens is 2. The molecule has 0 fully saturated rings. The highest BCUT2D eigenvalue weighted by Crippen LogP contribution is 2.10. The summed E-state index contributed by atoms with van der Waals surface area (Å²) in [4.78, 5) is 8.28. The van der Waals surface area contributed by atoms with Crippen molar-refractivity contribution in [3.05, 3.63) is 12.3 Å². The van der Waals surface area contributed by atoms with Crippen molar-refractivity contribution in [2.24, 2.45) is 0 Å². The van der Waals surface area contributed by atoms with Gasteiger partial charge in [-0.3, -0.25) is 0 Å². The minimum absolute atomic E-state index is 0.108. The first-order valence-electron chi connectivity index (χ1n) is 5.57. The topological polar surface area (TPSA) is 67.3 Å². The Bertz CT molecular complexity index is 305. The lowest BCUT2D eigenvalue weighted by Crippen LogP contribution is -2.10. The van der Waals surface area contributed by atoms with Crippen LogP contribution in [0.15, 0.2) is 12.3 Å². The number of hydrogen-bond donors (Lipinski definition) is 2. The van der Waals surface area contributed by atoms with Crippen LogP contribution in [-0.2, 0) is 0 Å². The molecule has 5 heteroatoms. The quantitative estimate of drug-likeness (QED) is 0.687. The molecule has 5 nitrogen and oxygen atoms in total. The lowest BCUT2D eigenvalue weighted by Gasteiger charge is -2.09. The van der Waals surface area contributed by atoms with Gasteiger partial charge in [0.1, 0.15) is 0 Å². The maximum atomic E-state index is 8.63. The van der Waals surface area contributed by atoms with Gasteiger partial charge in [0, 0.05) is 25.4 Å². The maximum absolute atomic E-state index is 8.63. The Labute approximate surface area is 95.9 Å². The Balaban J connectivity index is 2.41. The zero-order valence-electron chi connectivity index (χ0n) is 9.81. The van der Waals surface area contributed by atoms with Crippen LogP contribution in [0.5, 0.6) is 5.88 Å². The molecule has 1 rings (SSSR count). The van der Waals surface area contributed by atoms with Gasteiger partial charge in [-0.25, -0.2) is 4.98 Å². The van der Waals surface area contributed by atoms with Crippen LogP contribution in [0.25, 0.3) is 0 Å². The van der Waals surface area contributed by atoms with Gasteiger partial charge < -0.3 is 15.2 Å². The van der Waals surface area contributed by atoms with E-state index >= 15 is 0 Å². The SMILES string of the molecule is CC(C)Oc1ccnc(NCCCCO)n1. The Hall–Kier alpha value is -1.36. The van der Waals surface area contributed by atoms with Crippen molar-refractivity contribution in [1.29, 1.82) is 0 Å². The zero-order valence-corrected chi connectivity index (χ0v) is 9.81. The van der Waals surface area contributed by atoms with E-state index in [2.05, 4.69) is 15.3 Å². The smallest absolute Gasteiger partial charge is 0.225 e. The molecule has 0 bridgehead atoms. The molecule has 1 aromatic rings. The fourth-order valence-corrected chi connectivity index (χ4v) is 1.17. The summed E-state index contributed by atoms with van der Waals surface area (Å²) in [6.45, 7) is 4.89. The monoisotopic (exact) mass is 225 g/mol. The molecule has 0 radical (unpaired) electrons. The highest BCUT2D eigenvalue weighted by Gasteiger charge is 2.01. The summed E-state index contributed by atoms with van der Waals surface area (Å²) in [6, 6.07) is 1.74. The van der Waals surface area contributed by atoms with E-state index in [1.807, 2.05) is 13.8 Å². The fraction of sp³-hybridized carbons (Fsp3) is 0.636. The van der Waals surface area contributed by atoms with Gasteiger partial charge in [-0.2, -0.15) is 4.98 Å². The normalized spacial score (nSPS) is 10.5. The molecule has 0 spiro atoms. The van der Waals surface area contributed by atoms with E-state index in [0.29, 0.717) is 11.8 Å². The first kappa shape index (κ1) is 12.7. The van der Waals surface area contributed by atoms with Crippen molar-refractivity contribution in [2.45, 2.75) is 32.8 Å². The molecule has 1 aromatic heterocycles. The predicted octanol–water partition coefficient (Wildman–Crippen LogP) is 1.45. The number of anilines is 1. The van der Waals surface area contributed by atoms with Crippen molar-refractivity contribution in [3.63, 3.8) is 0 Å². The van der Waals surface area contributed by atoms with Crippen molar-refractivity contribution in [3.8, 4) is 5.88 Å². The van der Waals surface area contributed by atoms with Gasteiger partial charge in [0.05, 0.1) is 6.10 Å². The number of hydrogen-bond acceptors (Lipinski definition) is 5. The largest absolute Gasteiger partial charge is 0.475 e. The highest BCUT2D eigenvalue weighted by atomic mass is 16.5. The predicted molar refractivity (Wildman–Crippen MR) is 62.6 cm³/mol. The molecule has 16 heavy (non-hydrogen) atoms. The summed E-state index contributed by atoms with van der Waals surface area (Å²) in [7, 11) is 0. The van der Waals surface area contributed by atoms with Gasteiger partial charge in [-0.15, -0.1) is 0 Å². The summed E-state index contributed by atoms with van der Waals surface area (Å²) in [5.74, 6) is 1.14. The number of aliphatic hydroxyl groups is 1. The summed E-state index contributed by atoms with van der Waals surface area (Å²) in [5.41, 5.74) is 0. The lowest BCUT2D eigenvalue weighted by atomic mass is 10.3. The number of nitrogens with one attached hydrogen (secondary N) is 1. The van der Waals surface area contributed by atoms with Crippen LogP contribution in [0.4, 0.5) is 5.95 Å². The van der Waals surface area contributed by atoms with E-state index < -0.39 is 0 Å². The Kier molecular flexibility index (Phi) is 5.56. The molecule has 0 atom stereocenters. The van der Waals surface area contributed by atoms with Gasteiger partial charge in [0.15, 0.2) is 0 Å². The Morgan fingerprint density at radius 1 is 1.44 bits per heavy atom. The molecule has 90 valence electrons. The minimum Gasteiger partial charge on any atom is -0.475 e. The van der Waals surface area contributed by atoms with Crippen molar-refractivity contribution in [1.82, 2.24) is 9.97 Å².